The molecule has 3 nitrogen and oxygen atoms in total. The van der Waals surface area contributed by atoms with Crippen LogP contribution in [0.2, 0.25) is 0 Å². The fourth-order valence-electron chi connectivity index (χ4n) is 1.78. The Kier molecular flexibility index (Phi) is 2.14. The van der Waals surface area contributed by atoms with Crippen molar-refractivity contribution in [2.75, 3.05) is 0 Å². The lowest BCUT2D eigenvalue weighted by molar-refractivity contribution is 1.07. The number of nitrogens with zero attached hydrogens (tertiary/aromatic N) is 2. The van der Waals surface area contributed by atoms with Crippen LogP contribution in [0.15, 0.2) is 48.9 Å². The molecule has 0 amide bonds. The first-order valence-corrected chi connectivity index (χ1v) is 5.24. The van der Waals surface area contributed by atoms with Gasteiger partial charge in [0.05, 0.1) is 0 Å². The Balaban J connectivity index is 1.94. The third kappa shape index (κ3) is 1.67. The molecule has 0 bridgehead atoms. The van der Waals surface area contributed by atoms with Gasteiger partial charge in [0.2, 0.25) is 0 Å². The van der Waals surface area contributed by atoms with Crippen LogP contribution in [0.5, 0.6) is 0 Å². The third-order valence-electron chi connectivity index (χ3n) is 2.58. The van der Waals surface area contributed by atoms with Gasteiger partial charge in [0.15, 0.2) is 0 Å². The fraction of sp³-hybridized carbons (Fsp3) is 0.0769. The van der Waals surface area contributed by atoms with Gasteiger partial charge in [-0.15, -0.1) is 0 Å². The summed E-state index contributed by atoms with van der Waals surface area (Å²) < 4.78 is 0. The molecule has 16 heavy (non-hydrogen) atoms. The quantitative estimate of drug-likeness (QED) is 0.704. The van der Waals surface area contributed by atoms with Gasteiger partial charge in [0.1, 0.15) is 5.65 Å². The summed E-state index contributed by atoms with van der Waals surface area (Å²) in [6.07, 6.45) is 6.39. The molecule has 0 fully saturated rings. The lowest BCUT2D eigenvalue weighted by atomic mass is 10.1. The number of hydrogen-bond acceptors (Lipinski definition) is 2. The van der Waals surface area contributed by atoms with Gasteiger partial charge in [-0.3, -0.25) is 4.98 Å². The van der Waals surface area contributed by atoms with E-state index in [1.165, 1.54) is 5.56 Å². The van der Waals surface area contributed by atoms with E-state index in [2.05, 4.69) is 33.2 Å². The maximum atomic E-state index is 4.55. The van der Waals surface area contributed by atoms with Crippen LogP contribution in [-0.2, 0) is 6.42 Å². The standard InChI is InChI=1S/C13H11N3/c1-2-10(9-14-6-1)8-12-4-3-11-5-7-15-13(11)16-12/h1-7,9H,8H2,(H,15,16). The van der Waals surface area contributed by atoms with Crippen molar-refractivity contribution in [1.82, 2.24) is 15.0 Å². The maximum Gasteiger partial charge on any atom is 0.137 e. The molecule has 3 aromatic heterocycles. The van der Waals surface area contributed by atoms with Crippen LogP contribution in [0.1, 0.15) is 11.3 Å². The van der Waals surface area contributed by atoms with E-state index >= 15 is 0 Å². The number of pyridine rings is 2. The molecule has 3 heterocycles. The number of H-pyrrole nitrogens is 1. The van der Waals surface area contributed by atoms with Gasteiger partial charge < -0.3 is 4.98 Å². The van der Waals surface area contributed by atoms with Crippen LogP contribution >= 0.6 is 0 Å². The second-order valence-electron chi connectivity index (χ2n) is 3.76. The molecule has 0 aliphatic rings. The minimum Gasteiger partial charge on any atom is -0.346 e. The van der Waals surface area contributed by atoms with E-state index < -0.39 is 0 Å². The van der Waals surface area contributed by atoms with Crippen LogP contribution in [-0.4, -0.2) is 15.0 Å². The predicted octanol–water partition coefficient (Wildman–Crippen LogP) is 2.55. The van der Waals surface area contributed by atoms with Crippen LogP contribution in [0.3, 0.4) is 0 Å². The second kappa shape index (κ2) is 3.77. The van der Waals surface area contributed by atoms with Crippen molar-refractivity contribution in [3.63, 3.8) is 0 Å². The van der Waals surface area contributed by atoms with E-state index in [1.54, 1.807) is 6.20 Å². The first-order valence-electron chi connectivity index (χ1n) is 5.24. The van der Waals surface area contributed by atoms with E-state index in [0.717, 1.165) is 23.1 Å². The van der Waals surface area contributed by atoms with Gasteiger partial charge >= 0.3 is 0 Å². The largest absolute Gasteiger partial charge is 0.346 e. The molecule has 0 saturated carbocycles. The highest BCUT2D eigenvalue weighted by molar-refractivity contribution is 5.75. The smallest absolute Gasteiger partial charge is 0.137 e. The highest BCUT2D eigenvalue weighted by Gasteiger charge is 2.00. The summed E-state index contributed by atoms with van der Waals surface area (Å²) in [4.78, 5) is 11.8. The Bertz CT molecular complexity index is 599. The zero-order chi connectivity index (χ0) is 10.8. The molecular formula is C13H11N3. The molecule has 0 unspecified atom stereocenters. The Hall–Kier alpha value is -2.16. The molecule has 0 saturated heterocycles. The number of rotatable bonds is 2. The number of fused-ring (bicyclic) bond motifs is 1. The first-order chi connectivity index (χ1) is 7.92. The van der Waals surface area contributed by atoms with Gasteiger partial charge in [0, 0.05) is 36.1 Å². The molecule has 0 radical (unpaired) electrons. The topological polar surface area (TPSA) is 41.6 Å². The van der Waals surface area contributed by atoms with Crippen LogP contribution in [0, 0.1) is 0 Å². The minimum absolute atomic E-state index is 0.822. The summed E-state index contributed by atoms with van der Waals surface area (Å²) in [5, 5.41) is 1.15. The van der Waals surface area contributed by atoms with Crippen molar-refractivity contribution >= 4 is 11.0 Å². The Morgan fingerprint density at radius 1 is 1.12 bits per heavy atom. The van der Waals surface area contributed by atoms with Gasteiger partial charge in [0.25, 0.3) is 0 Å². The van der Waals surface area contributed by atoms with Crippen molar-refractivity contribution in [1.29, 1.82) is 0 Å². The summed E-state index contributed by atoms with van der Waals surface area (Å²) >= 11 is 0. The van der Waals surface area contributed by atoms with E-state index in [1.807, 2.05) is 24.5 Å². The van der Waals surface area contributed by atoms with E-state index in [-0.39, 0.29) is 0 Å². The minimum atomic E-state index is 0.822. The molecule has 1 N–H and O–H groups in total. The normalized spacial score (nSPS) is 10.8. The molecule has 0 aliphatic carbocycles. The van der Waals surface area contributed by atoms with Gasteiger partial charge in [-0.05, 0) is 29.8 Å². The van der Waals surface area contributed by atoms with Crippen LogP contribution in [0.25, 0.3) is 11.0 Å². The summed E-state index contributed by atoms with van der Waals surface area (Å²) in [7, 11) is 0. The number of nitrogens with one attached hydrogen (secondary N) is 1. The lowest BCUT2D eigenvalue weighted by Gasteiger charge is -2.00. The SMILES string of the molecule is c1cncc(Cc2ccc3cc[nH]c3n2)c1. The summed E-state index contributed by atoms with van der Waals surface area (Å²) in [6.45, 7) is 0. The van der Waals surface area contributed by atoms with Crippen molar-refractivity contribution in [3.8, 4) is 0 Å². The number of aromatic nitrogens is 3. The summed E-state index contributed by atoms with van der Waals surface area (Å²) in [6, 6.07) is 10.2. The first kappa shape index (κ1) is 9.09. The van der Waals surface area contributed by atoms with Gasteiger partial charge in [-0.2, -0.15) is 0 Å². The zero-order valence-corrected chi connectivity index (χ0v) is 8.72. The molecule has 0 aliphatic heterocycles. The Morgan fingerprint density at radius 3 is 3.00 bits per heavy atom. The fourth-order valence-corrected chi connectivity index (χ4v) is 1.78. The third-order valence-corrected chi connectivity index (χ3v) is 2.58. The monoisotopic (exact) mass is 209 g/mol. The highest BCUT2D eigenvalue weighted by atomic mass is 14.8. The van der Waals surface area contributed by atoms with Gasteiger partial charge in [-0.25, -0.2) is 4.98 Å². The van der Waals surface area contributed by atoms with Crippen molar-refractivity contribution in [2.45, 2.75) is 6.42 Å². The average Bonchev–Trinajstić information content (AvgIpc) is 2.77. The van der Waals surface area contributed by atoms with Crippen molar-refractivity contribution in [3.05, 3.63) is 60.2 Å². The Morgan fingerprint density at radius 2 is 2.12 bits per heavy atom. The predicted molar refractivity (Wildman–Crippen MR) is 63.1 cm³/mol. The summed E-state index contributed by atoms with van der Waals surface area (Å²) in [5.41, 5.74) is 3.19. The average molecular weight is 209 g/mol. The van der Waals surface area contributed by atoms with Crippen LogP contribution in [0.4, 0.5) is 0 Å². The molecular weight excluding hydrogens is 198 g/mol. The molecule has 0 atom stereocenters. The van der Waals surface area contributed by atoms with Crippen LogP contribution < -0.4 is 0 Å². The second-order valence-corrected chi connectivity index (χ2v) is 3.76. The Labute approximate surface area is 93.2 Å². The van der Waals surface area contributed by atoms with E-state index in [4.69, 9.17) is 0 Å². The highest BCUT2D eigenvalue weighted by Crippen LogP contribution is 2.12. The lowest BCUT2D eigenvalue weighted by Crippen LogP contribution is -1.92. The molecule has 3 heteroatoms. The molecule has 0 aromatic carbocycles. The number of aromatic amines is 1. The van der Waals surface area contributed by atoms with Crippen molar-refractivity contribution in [2.24, 2.45) is 0 Å². The number of hydrogen-bond donors (Lipinski definition) is 1. The molecule has 0 spiro atoms. The molecule has 3 rings (SSSR count). The molecule has 3 aromatic rings. The summed E-state index contributed by atoms with van der Waals surface area (Å²) in [5.74, 6) is 0. The zero-order valence-electron chi connectivity index (χ0n) is 8.72. The maximum absolute atomic E-state index is 4.55. The van der Waals surface area contributed by atoms with Gasteiger partial charge in [-0.1, -0.05) is 6.07 Å². The van der Waals surface area contributed by atoms with Crippen molar-refractivity contribution < 1.29 is 0 Å². The van der Waals surface area contributed by atoms with E-state index in [9.17, 15) is 0 Å². The van der Waals surface area contributed by atoms with E-state index in [0.29, 0.717) is 0 Å². The molecule has 78 valence electrons.